The van der Waals surface area contributed by atoms with E-state index in [9.17, 15) is 4.79 Å². The molecule has 1 aliphatic heterocycles. The van der Waals surface area contributed by atoms with E-state index in [2.05, 4.69) is 0 Å². The molecule has 0 fully saturated rings. The first-order valence-corrected chi connectivity index (χ1v) is 6.53. The molecule has 4 nitrogen and oxygen atoms in total. The van der Waals surface area contributed by atoms with Crippen molar-refractivity contribution < 1.29 is 19.0 Å². The van der Waals surface area contributed by atoms with Crippen LogP contribution in [0, 0.1) is 0 Å². The van der Waals surface area contributed by atoms with Gasteiger partial charge in [-0.15, -0.1) is 0 Å². The summed E-state index contributed by atoms with van der Waals surface area (Å²) in [4.78, 5) is 12.0. The van der Waals surface area contributed by atoms with Crippen molar-refractivity contribution in [2.75, 3.05) is 13.9 Å². The van der Waals surface area contributed by atoms with E-state index < -0.39 is 0 Å². The molecule has 3 rings (SSSR count). The molecule has 0 N–H and O–H groups in total. The van der Waals surface area contributed by atoms with Gasteiger partial charge in [0.05, 0.1) is 7.11 Å². The fraction of sp³-hybridized carbons (Fsp3) is 0.118. The van der Waals surface area contributed by atoms with Crippen molar-refractivity contribution in [3.63, 3.8) is 0 Å². The van der Waals surface area contributed by atoms with Crippen LogP contribution >= 0.6 is 0 Å². The highest BCUT2D eigenvalue weighted by atomic mass is 16.7. The van der Waals surface area contributed by atoms with Gasteiger partial charge in [0.15, 0.2) is 17.3 Å². The Morgan fingerprint density at radius 2 is 2.00 bits per heavy atom. The highest BCUT2D eigenvalue weighted by Crippen LogP contribution is 2.42. The number of allylic oxidation sites excluding steroid dienone is 1. The molecule has 1 heterocycles. The number of methoxy groups -OCH3 is 1. The molecule has 2 aromatic rings. The Labute approximate surface area is 122 Å². The normalized spacial score (nSPS) is 12.6. The molecule has 2 aromatic carbocycles. The molecule has 0 atom stereocenters. The largest absolute Gasteiger partial charge is 0.493 e. The lowest BCUT2D eigenvalue weighted by Crippen LogP contribution is -1.93. The quantitative estimate of drug-likeness (QED) is 0.637. The molecular formula is C17H14O4. The highest BCUT2D eigenvalue weighted by Gasteiger charge is 2.19. The van der Waals surface area contributed by atoms with Gasteiger partial charge in [0.2, 0.25) is 12.5 Å². The minimum Gasteiger partial charge on any atom is -0.493 e. The number of ketones is 1. The molecule has 0 unspecified atom stereocenters. The van der Waals surface area contributed by atoms with Crippen LogP contribution in [0.15, 0.2) is 48.5 Å². The molecule has 106 valence electrons. The number of fused-ring (bicyclic) bond motifs is 1. The van der Waals surface area contributed by atoms with Crippen LogP contribution in [0.3, 0.4) is 0 Å². The summed E-state index contributed by atoms with van der Waals surface area (Å²) >= 11 is 0. The Hall–Kier alpha value is -2.75. The first-order valence-electron chi connectivity index (χ1n) is 6.53. The lowest BCUT2D eigenvalue weighted by molar-refractivity contribution is 0.104. The summed E-state index contributed by atoms with van der Waals surface area (Å²) in [7, 11) is 1.57. The second-order valence-corrected chi connectivity index (χ2v) is 4.52. The fourth-order valence-corrected chi connectivity index (χ4v) is 2.12. The van der Waals surface area contributed by atoms with E-state index >= 15 is 0 Å². The van der Waals surface area contributed by atoms with E-state index in [-0.39, 0.29) is 12.6 Å². The van der Waals surface area contributed by atoms with Gasteiger partial charge in [0.1, 0.15) is 0 Å². The fourth-order valence-electron chi connectivity index (χ4n) is 2.12. The van der Waals surface area contributed by atoms with Gasteiger partial charge in [0, 0.05) is 5.56 Å². The van der Waals surface area contributed by atoms with Crippen LogP contribution in [-0.4, -0.2) is 19.7 Å². The number of hydrogen-bond donors (Lipinski definition) is 0. The van der Waals surface area contributed by atoms with Gasteiger partial charge in [0.25, 0.3) is 0 Å². The van der Waals surface area contributed by atoms with E-state index in [1.54, 1.807) is 25.3 Å². The van der Waals surface area contributed by atoms with E-state index in [1.165, 1.54) is 6.08 Å². The average molecular weight is 282 g/mol. The van der Waals surface area contributed by atoms with Crippen LogP contribution in [-0.2, 0) is 0 Å². The van der Waals surface area contributed by atoms with E-state index in [1.807, 2.05) is 30.3 Å². The van der Waals surface area contributed by atoms with Crippen molar-refractivity contribution in [2.24, 2.45) is 0 Å². The van der Waals surface area contributed by atoms with Crippen LogP contribution in [0.1, 0.15) is 15.9 Å². The average Bonchev–Trinajstić information content (AvgIpc) is 3.01. The zero-order valence-corrected chi connectivity index (χ0v) is 11.5. The molecule has 0 aromatic heterocycles. The molecule has 0 aliphatic carbocycles. The third-order valence-electron chi connectivity index (χ3n) is 3.17. The van der Waals surface area contributed by atoms with Crippen LogP contribution < -0.4 is 14.2 Å². The predicted molar refractivity (Wildman–Crippen MR) is 78.9 cm³/mol. The summed E-state index contributed by atoms with van der Waals surface area (Å²) in [5.74, 6) is 1.77. The molecule has 0 saturated carbocycles. The Morgan fingerprint density at radius 1 is 1.19 bits per heavy atom. The van der Waals surface area contributed by atoms with Crippen LogP contribution in [0.25, 0.3) is 6.08 Å². The third kappa shape index (κ3) is 2.74. The molecular weight excluding hydrogens is 268 g/mol. The highest BCUT2D eigenvalue weighted by molar-refractivity contribution is 6.06. The summed E-state index contributed by atoms with van der Waals surface area (Å²) < 4.78 is 15.9. The van der Waals surface area contributed by atoms with Crippen molar-refractivity contribution in [3.8, 4) is 17.2 Å². The minimum absolute atomic E-state index is 0.0489. The molecule has 21 heavy (non-hydrogen) atoms. The van der Waals surface area contributed by atoms with Gasteiger partial charge in [-0.25, -0.2) is 0 Å². The second-order valence-electron chi connectivity index (χ2n) is 4.52. The van der Waals surface area contributed by atoms with E-state index in [0.29, 0.717) is 22.8 Å². The number of rotatable bonds is 4. The van der Waals surface area contributed by atoms with Gasteiger partial charge in [-0.2, -0.15) is 0 Å². The SMILES string of the molecule is COc1cc(/C=C/C(=O)c2ccccc2)cc2c1OCO2. The van der Waals surface area contributed by atoms with Crippen molar-refractivity contribution in [2.45, 2.75) is 0 Å². The number of carbonyl (C=O) groups is 1. The summed E-state index contributed by atoms with van der Waals surface area (Å²) in [6.45, 7) is 0.182. The summed E-state index contributed by atoms with van der Waals surface area (Å²) in [6, 6.07) is 12.8. The molecule has 4 heteroatoms. The maximum atomic E-state index is 12.0. The topological polar surface area (TPSA) is 44.8 Å². The number of carbonyl (C=O) groups excluding carboxylic acids is 1. The summed E-state index contributed by atoms with van der Waals surface area (Å²) in [5.41, 5.74) is 1.47. The first kappa shape index (κ1) is 13.2. The van der Waals surface area contributed by atoms with Crippen LogP contribution in [0.5, 0.6) is 17.2 Å². The second kappa shape index (κ2) is 5.71. The molecule has 0 spiro atoms. The zero-order chi connectivity index (χ0) is 14.7. The van der Waals surface area contributed by atoms with Gasteiger partial charge in [-0.3, -0.25) is 4.79 Å². The Balaban J connectivity index is 1.85. The van der Waals surface area contributed by atoms with Gasteiger partial charge >= 0.3 is 0 Å². The Morgan fingerprint density at radius 3 is 2.76 bits per heavy atom. The molecule has 0 amide bonds. The molecule has 0 bridgehead atoms. The predicted octanol–water partition coefficient (Wildman–Crippen LogP) is 3.32. The van der Waals surface area contributed by atoms with E-state index in [0.717, 1.165) is 5.56 Å². The Bertz CT molecular complexity index is 689. The Kier molecular flexibility index (Phi) is 3.60. The van der Waals surface area contributed by atoms with Gasteiger partial charge < -0.3 is 14.2 Å². The lowest BCUT2D eigenvalue weighted by atomic mass is 10.1. The van der Waals surface area contributed by atoms with Crippen molar-refractivity contribution in [1.82, 2.24) is 0 Å². The zero-order valence-electron chi connectivity index (χ0n) is 11.5. The standard InChI is InChI=1S/C17H14O4/c1-19-15-9-12(10-16-17(15)21-11-20-16)7-8-14(18)13-5-3-2-4-6-13/h2-10H,11H2,1H3/b8-7+. The van der Waals surface area contributed by atoms with Crippen molar-refractivity contribution in [3.05, 3.63) is 59.7 Å². The monoisotopic (exact) mass is 282 g/mol. The number of ether oxygens (including phenoxy) is 3. The third-order valence-corrected chi connectivity index (χ3v) is 3.17. The van der Waals surface area contributed by atoms with Crippen molar-refractivity contribution >= 4 is 11.9 Å². The van der Waals surface area contributed by atoms with Crippen LogP contribution in [0.4, 0.5) is 0 Å². The first-order chi connectivity index (χ1) is 10.3. The smallest absolute Gasteiger partial charge is 0.231 e. The maximum Gasteiger partial charge on any atom is 0.231 e. The van der Waals surface area contributed by atoms with Crippen molar-refractivity contribution in [1.29, 1.82) is 0 Å². The lowest BCUT2D eigenvalue weighted by Gasteiger charge is -2.05. The molecule has 0 saturated heterocycles. The number of hydrogen-bond acceptors (Lipinski definition) is 4. The van der Waals surface area contributed by atoms with Gasteiger partial charge in [-0.1, -0.05) is 36.4 Å². The summed E-state index contributed by atoms with van der Waals surface area (Å²) in [6.07, 6.45) is 3.27. The minimum atomic E-state index is -0.0489. The summed E-state index contributed by atoms with van der Waals surface area (Å²) in [5, 5.41) is 0. The number of benzene rings is 2. The van der Waals surface area contributed by atoms with Gasteiger partial charge in [-0.05, 0) is 23.8 Å². The maximum absolute atomic E-state index is 12.0. The van der Waals surface area contributed by atoms with Crippen LogP contribution in [0.2, 0.25) is 0 Å². The molecule has 0 radical (unpaired) electrons. The van der Waals surface area contributed by atoms with E-state index in [4.69, 9.17) is 14.2 Å². The molecule has 1 aliphatic rings.